The van der Waals surface area contributed by atoms with Crippen molar-refractivity contribution in [2.45, 2.75) is 53.6 Å². The molecule has 1 aromatic rings. The summed E-state index contributed by atoms with van der Waals surface area (Å²) in [6, 6.07) is 0. The van der Waals surface area contributed by atoms with Crippen LogP contribution >= 0.6 is 11.6 Å². The van der Waals surface area contributed by atoms with Gasteiger partial charge in [0.25, 0.3) is 0 Å². The average molecular weight is 301 g/mol. The van der Waals surface area contributed by atoms with Crippen molar-refractivity contribution in [1.82, 2.24) is 20.0 Å². The first-order valence-electron chi connectivity index (χ1n) is 7.84. The number of hydrogen-bond donors (Lipinski definition) is 1. The zero-order valence-corrected chi connectivity index (χ0v) is 14.1. The monoisotopic (exact) mass is 300 g/mol. The molecule has 0 aliphatic rings. The maximum atomic E-state index is 6.39. The molecule has 1 heterocycles. The van der Waals surface area contributed by atoms with Crippen molar-refractivity contribution in [3.05, 3.63) is 16.4 Å². The third kappa shape index (κ3) is 4.76. The van der Waals surface area contributed by atoms with Crippen molar-refractivity contribution in [3.8, 4) is 0 Å². The normalized spacial score (nSPS) is 11.5. The lowest BCUT2D eigenvalue weighted by atomic mass is 10.3. The lowest BCUT2D eigenvalue weighted by Crippen LogP contribution is -2.32. The standard InChI is InChI=1S/C15H29ClN4/c1-5-10-19(7-3)11-9-17-12-14-15(16)13(6-2)18-20(14)8-4/h17H,5-12H2,1-4H3. The number of rotatable bonds is 10. The number of halogens is 1. The fraction of sp³-hybridized carbons (Fsp3) is 0.800. The quantitative estimate of drug-likeness (QED) is 0.675. The first-order chi connectivity index (χ1) is 9.67. The summed E-state index contributed by atoms with van der Waals surface area (Å²) < 4.78 is 2.01. The highest BCUT2D eigenvalue weighted by molar-refractivity contribution is 6.31. The van der Waals surface area contributed by atoms with Gasteiger partial charge in [-0.1, -0.05) is 32.4 Å². The van der Waals surface area contributed by atoms with Crippen molar-refractivity contribution < 1.29 is 0 Å². The minimum Gasteiger partial charge on any atom is -0.310 e. The molecule has 0 unspecified atom stereocenters. The number of nitrogens with zero attached hydrogens (tertiary/aromatic N) is 3. The van der Waals surface area contributed by atoms with Crippen LogP contribution in [-0.2, 0) is 19.5 Å². The molecule has 0 fully saturated rings. The van der Waals surface area contributed by atoms with Gasteiger partial charge in [-0.05, 0) is 32.9 Å². The van der Waals surface area contributed by atoms with Gasteiger partial charge in [0, 0.05) is 26.2 Å². The van der Waals surface area contributed by atoms with Gasteiger partial charge >= 0.3 is 0 Å². The van der Waals surface area contributed by atoms with Gasteiger partial charge in [-0.15, -0.1) is 0 Å². The molecule has 0 radical (unpaired) electrons. The Bertz CT molecular complexity index is 389. The fourth-order valence-electron chi connectivity index (χ4n) is 2.37. The van der Waals surface area contributed by atoms with Gasteiger partial charge in [-0.25, -0.2) is 0 Å². The minimum atomic E-state index is 0.795. The van der Waals surface area contributed by atoms with Crippen LogP contribution < -0.4 is 5.32 Å². The predicted molar refractivity (Wildman–Crippen MR) is 86.4 cm³/mol. The first-order valence-corrected chi connectivity index (χ1v) is 8.22. The molecule has 4 nitrogen and oxygen atoms in total. The highest BCUT2D eigenvalue weighted by Crippen LogP contribution is 2.21. The van der Waals surface area contributed by atoms with E-state index in [2.05, 4.69) is 43.0 Å². The highest BCUT2D eigenvalue weighted by Gasteiger charge is 2.13. The number of nitrogens with one attached hydrogen (secondary N) is 1. The van der Waals surface area contributed by atoms with E-state index in [9.17, 15) is 0 Å². The second kappa shape index (κ2) is 9.37. The first kappa shape index (κ1) is 17.5. The summed E-state index contributed by atoms with van der Waals surface area (Å²) in [5, 5.41) is 8.87. The molecule has 0 saturated carbocycles. The van der Waals surface area contributed by atoms with Gasteiger partial charge in [0.2, 0.25) is 0 Å². The zero-order valence-electron chi connectivity index (χ0n) is 13.4. The molecule has 0 aromatic carbocycles. The van der Waals surface area contributed by atoms with Crippen molar-refractivity contribution in [2.24, 2.45) is 0 Å². The van der Waals surface area contributed by atoms with Crippen molar-refractivity contribution in [2.75, 3.05) is 26.2 Å². The predicted octanol–water partition coefficient (Wildman–Crippen LogP) is 2.94. The lowest BCUT2D eigenvalue weighted by molar-refractivity contribution is 0.287. The van der Waals surface area contributed by atoms with E-state index >= 15 is 0 Å². The summed E-state index contributed by atoms with van der Waals surface area (Å²) >= 11 is 6.39. The maximum Gasteiger partial charge on any atom is 0.0863 e. The Balaban J connectivity index is 2.47. The molecule has 0 aliphatic carbocycles. The van der Waals surface area contributed by atoms with Crippen LogP contribution in [0.1, 0.15) is 45.5 Å². The van der Waals surface area contributed by atoms with Gasteiger partial charge < -0.3 is 10.2 Å². The largest absolute Gasteiger partial charge is 0.310 e. The Hall–Kier alpha value is -0.580. The van der Waals surface area contributed by atoms with Crippen molar-refractivity contribution in [1.29, 1.82) is 0 Å². The Morgan fingerprint density at radius 1 is 1.20 bits per heavy atom. The van der Waals surface area contributed by atoms with Crippen LogP contribution in [0.4, 0.5) is 0 Å². The second-order valence-electron chi connectivity index (χ2n) is 4.99. The molecule has 1 aromatic heterocycles. The number of aromatic nitrogens is 2. The minimum absolute atomic E-state index is 0.795. The molecule has 5 heteroatoms. The summed E-state index contributed by atoms with van der Waals surface area (Å²) in [4.78, 5) is 2.46. The van der Waals surface area contributed by atoms with Gasteiger partial charge in [0.1, 0.15) is 0 Å². The second-order valence-corrected chi connectivity index (χ2v) is 5.37. The van der Waals surface area contributed by atoms with E-state index < -0.39 is 0 Å². The zero-order chi connectivity index (χ0) is 15.0. The van der Waals surface area contributed by atoms with Crippen LogP contribution in [0.2, 0.25) is 5.02 Å². The van der Waals surface area contributed by atoms with E-state index in [0.29, 0.717) is 0 Å². The Kier molecular flexibility index (Phi) is 8.19. The van der Waals surface area contributed by atoms with Crippen molar-refractivity contribution >= 4 is 11.6 Å². The third-order valence-corrected chi connectivity index (χ3v) is 4.01. The lowest BCUT2D eigenvalue weighted by Gasteiger charge is -2.19. The number of likely N-dealkylation sites (N-methyl/N-ethyl adjacent to an activating group) is 1. The van der Waals surface area contributed by atoms with E-state index in [1.54, 1.807) is 0 Å². The van der Waals surface area contributed by atoms with E-state index in [1.807, 2.05) is 4.68 Å². The van der Waals surface area contributed by atoms with Crippen LogP contribution in [0, 0.1) is 0 Å². The van der Waals surface area contributed by atoms with E-state index in [1.165, 1.54) is 13.0 Å². The summed E-state index contributed by atoms with van der Waals surface area (Å²) in [5.74, 6) is 0. The third-order valence-electron chi connectivity index (χ3n) is 3.58. The summed E-state index contributed by atoms with van der Waals surface area (Å²) in [6.45, 7) is 14.7. The Morgan fingerprint density at radius 3 is 2.50 bits per heavy atom. The van der Waals surface area contributed by atoms with E-state index in [0.717, 1.165) is 55.6 Å². The van der Waals surface area contributed by atoms with Crippen LogP contribution in [-0.4, -0.2) is 40.9 Å². The van der Waals surface area contributed by atoms with E-state index in [4.69, 9.17) is 11.6 Å². The number of aryl methyl sites for hydroxylation is 2. The fourth-order valence-corrected chi connectivity index (χ4v) is 2.71. The molecule has 1 N–H and O–H groups in total. The van der Waals surface area contributed by atoms with Gasteiger partial charge in [-0.3, -0.25) is 4.68 Å². The molecular weight excluding hydrogens is 272 g/mol. The van der Waals surface area contributed by atoms with Crippen molar-refractivity contribution in [3.63, 3.8) is 0 Å². The van der Waals surface area contributed by atoms with Gasteiger partial charge in [-0.2, -0.15) is 5.10 Å². The molecule has 1 rings (SSSR count). The molecular formula is C15H29ClN4. The Morgan fingerprint density at radius 2 is 1.95 bits per heavy atom. The molecule has 0 atom stereocenters. The molecule has 20 heavy (non-hydrogen) atoms. The molecule has 0 aliphatic heterocycles. The molecule has 0 bridgehead atoms. The SMILES string of the molecule is CCCN(CC)CCNCc1c(Cl)c(CC)nn1CC. The summed E-state index contributed by atoms with van der Waals surface area (Å²) in [7, 11) is 0. The maximum absolute atomic E-state index is 6.39. The topological polar surface area (TPSA) is 33.1 Å². The van der Waals surface area contributed by atoms with Crippen LogP contribution in [0.5, 0.6) is 0 Å². The van der Waals surface area contributed by atoms with Gasteiger partial charge in [0.05, 0.1) is 16.4 Å². The summed E-state index contributed by atoms with van der Waals surface area (Å²) in [6.07, 6.45) is 2.10. The van der Waals surface area contributed by atoms with Crippen LogP contribution in [0.25, 0.3) is 0 Å². The molecule has 116 valence electrons. The molecule has 0 saturated heterocycles. The highest BCUT2D eigenvalue weighted by atomic mass is 35.5. The van der Waals surface area contributed by atoms with E-state index in [-0.39, 0.29) is 0 Å². The number of hydrogen-bond acceptors (Lipinski definition) is 3. The van der Waals surface area contributed by atoms with Crippen LogP contribution in [0.3, 0.4) is 0 Å². The molecule has 0 spiro atoms. The molecule has 0 amide bonds. The smallest absolute Gasteiger partial charge is 0.0863 e. The van der Waals surface area contributed by atoms with Gasteiger partial charge in [0.15, 0.2) is 0 Å². The average Bonchev–Trinajstić information content (AvgIpc) is 2.78. The summed E-state index contributed by atoms with van der Waals surface area (Å²) in [5.41, 5.74) is 2.12. The van der Waals surface area contributed by atoms with Crippen LogP contribution in [0.15, 0.2) is 0 Å². The Labute approximate surface area is 128 Å².